The minimum absolute atomic E-state index is 0.312. The number of piperazine rings is 1. The van der Waals surface area contributed by atoms with Gasteiger partial charge in [0.15, 0.2) is 0 Å². The molecule has 0 radical (unpaired) electrons. The third-order valence-corrected chi connectivity index (χ3v) is 3.41. The van der Waals surface area contributed by atoms with Crippen molar-refractivity contribution < 1.29 is 4.39 Å². The maximum Gasteiger partial charge on any atom is 0.128 e. The molecular formula is C12H15BrFN3. The standard InChI is InChI=1S/C12H15BrFN3/c1-16-2-4-17(5-3-16)12(15)9-6-10(13)8-11(14)7-9/h6-8,15H,2-5H2,1H3. The van der Waals surface area contributed by atoms with E-state index < -0.39 is 0 Å². The van der Waals surface area contributed by atoms with Crippen molar-refractivity contribution in [1.82, 2.24) is 9.80 Å². The van der Waals surface area contributed by atoms with Crippen molar-refractivity contribution in [2.75, 3.05) is 33.2 Å². The van der Waals surface area contributed by atoms with Gasteiger partial charge in [-0.2, -0.15) is 0 Å². The molecule has 1 fully saturated rings. The van der Waals surface area contributed by atoms with Crippen LogP contribution in [0.5, 0.6) is 0 Å². The summed E-state index contributed by atoms with van der Waals surface area (Å²) < 4.78 is 13.9. The van der Waals surface area contributed by atoms with Crippen molar-refractivity contribution >= 4 is 21.8 Å². The van der Waals surface area contributed by atoms with Crippen molar-refractivity contribution in [2.45, 2.75) is 0 Å². The number of benzene rings is 1. The molecule has 0 bridgehead atoms. The van der Waals surface area contributed by atoms with Gasteiger partial charge in [-0.3, -0.25) is 5.41 Å². The molecule has 5 heteroatoms. The van der Waals surface area contributed by atoms with Crippen molar-refractivity contribution in [2.24, 2.45) is 0 Å². The van der Waals surface area contributed by atoms with E-state index in [-0.39, 0.29) is 5.82 Å². The molecule has 0 amide bonds. The van der Waals surface area contributed by atoms with E-state index in [1.54, 1.807) is 6.07 Å². The van der Waals surface area contributed by atoms with Crippen molar-refractivity contribution in [3.63, 3.8) is 0 Å². The molecule has 1 aromatic carbocycles. The molecule has 17 heavy (non-hydrogen) atoms. The fraction of sp³-hybridized carbons (Fsp3) is 0.417. The summed E-state index contributed by atoms with van der Waals surface area (Å²) in [7, 11) is 2.07. The average molecular weight is 300 g/mol. The first kappa shape index (κ1) is 12.5. The summed E-state index contributed by atoms with van der Waals surface area (Å²) in [5.74, 6) is 0.0894. The Morgan fingerprint density at radius 3 is 2.47 bits per heavy atom. The second kappa shape index (κ2) is 5.14. The van der Waals surface area contributed by atoms with E-state index >= 15 is 0 Å². The molecule has 0 aromatic heterocycles. The second-order valence-electron chi connectivity index (χ2n) is 4.30. The van der Waals surface area contributed by atoms with Gasteiger partial charge >= 0.3 is 0 Å². The van der Waals surface area contributed by atoms with Gasteiger partial charge in [0, 0.05) is 36.2 Å². The number of hydrogen-bond donors (Lipinski definition) is 1. The number of halogens is 2. The number of hydrogen-bond acceptors (Lipinski definition) is 2. The molecular weight excluding hydrogens is 285 g/mol. The minimum Gasteiger partial charge on any atom is -0.354 e. The zero-order valence-corrected chi connectivity index (χ0v) is 11.3. The Balaban J connectivity index is 2.14. The van der Waals surface area contributed by atoms with Gasteiger partial charge in [-0.15, -0.1) is 0 Å². The molecule has 0 saturated carbocycles. The minimum atomic E-state index is -0.312. The highest BCUT2D eigenvalue weighted by atomic mass is 79.9. The van der Waals surface area contributed by atoms with E-state index in [1.165, 1.54) is 12.1 Å². The Bertz CT molecular complexity index is 408. The van der Waals surface area contributed by atoms with Gasteiger partial charge in [0.05, 0.1) is 0 Å². The molecule has 3 nitrogen and oxygen atoms in total. The Morgan fingerprint density at radius 1 is 1.24 bits per heavy atom. The first-order chi connectivity index (χ1) is 8.06. The molecule has 0 unspecified atom stereocenters. The predicted octanol–water partition coefficient (Wildman–Crippen LogP) is 2.16. The van der Waals surface area contributed by atoms with Crippen molar-refractivity contribution in [3.05, 3.63) is 34.1 Å². The predicted molar refractivity (Wildman–Crippen MR) is 70.0 cm³/mol. The third kappa shape index (κ3) is 3.04. The molecule has 1 aliphatic rings. The highest BCUT2D eigenvalue weighted by Crippen LogP contribution is 2.17. The Hall–Kier alpha value is -0.940. The van der Waals surface area contributed by atoms with E-state index in [9.17, 15) is 4.39 Å². The largest absolute Gasteiger partial charge is 0.354 e. The van der Waals surface area contributed by atoms with Gasteiger partial charge in [0.2, 0.25) is 0 Å². The lowest BCUT2D eigenvalue weighted by molar-refractivity contribution is 0.215. The SMILES string of the molecule is CN1CCN(C(=N)c2cc(F)cc(Br)c2)CC1. The molecule has 1 aliphatic heterocycles. The maximum atomic E-state index is 13.3. The van der Waals surface area contributed by atoms with Crippen molar-refractivity contribution in [1.29, 1.82) is 5.41 Å². The third-order valence-electron chi connectivity index (χ3n) is 2.96. The molecule has 1 saturated heterocycles. The van der Waals surface area contributed by atoms with Crippen LogP contribution in [0.4, 0.5) is 4.39 Å². The number of nitrogens with one attached hydrogen (secondary N) is 1. The number of rotatable bonds is 1. The molecule has 0 aliphatic carbocycles. The normalized spacial score (nSPS) is 17.2. The van der Waals surface area contributed by atoms with Crippen LogP contribution in [0.1, 0.15) is 5.56 Å². The number of nitrogens with zero attached hydrogens (tertiary/aromatic N) is 2. The van der Waals surface area contributed by atoms with Crippen LogP contribution < -0.4 is 0 Å². The van der Waals surface area contributed by atoms with Gasteiger partial charge in [0.25, 0.3) is 0 Å². The fourth-order valence-electron chi connectivity index (χ4n) is 1.90. The van der Waals surface area contributed by atoms with Crippen LogP contribution in [0.15, 0.2) is 22.7 Å². The van der Waals surface area contributed by atoms with Crippen LogP contribution in [-0.4, -0.2) is 48.9 Å². The van der Waals surface area contributed by atoms with Crippen LogP contribution in [0.3, 0.4) is 0 Å². The van der Waals surface area contributed by atoms with E-state index in [0.717, 1.165) is 26.2 Å². The monoisotopic (exact) mass is 299 g/mol. The second-order valence-corrected chi connectivity index (χ2v) is 5.21. The summed E-state index contributed by atoms with van der Waals surface area (Å²) in [5, 5.41) is 8.10. The van der Waals surface area contributed by atoms with Gasteiger partial charge in [-0.05, 0) is 25.2 Å². The first-order valence-corrected chi connectivity index (χ1v) is 6.34. The van der Waals surface area contributed by atoms with E-state index in [4.69, 9.17) is 5.41 Å². The summed E-state index contributed by atoms with van der Waals surface area (Å²) in [5.41, 5.74) is 0.626. The van der Waals surface area contributed by atoms with E-state index in [1.807, 2.05) is 4.90 Å². The van der Waals surface area contributed by atoms with E-state index in [0.29, 0.717) is 15.9 Å². The first-order valence-electron chi connectivity index (χ1n) is 5.55. The zero-order valence-electron chi connectivity index (χ0n) is 9.71. The van der Waals surface area contributed by atoms with Crippen LogP contribution in [0, 0.1) is 11.2 Å². The molecule has 1 N–H and O–H groups in total. The molecule has 0 atom stereocenters. The Kier molecular flexibility index (Phi) is 3.79. The lowest BCUT2D eigenvalue weighted by Gasteiger charge is -2.34. The van der Waals surface area contributed by atoms with Gasteiger partial charge in [-0.25, -0.2) is 4.39 Å². The average Bonchev–Trinajstić information content (AvgIpc) is 2.28. The summed E-state index contributed by atoms with van der Waals surface area (Å²) in [6, 6.07) is 4.59. The fourth-order valence-corrected chi connectivity index (χ4v) is 2.37. The number of likely N-dealkylation sites (N-methyl/N-ethyl adjacent to an activating group) is 1. The van der Waals surface area contributed by atoms with Gasteiger partial charge < -0.3 is 9.80 Å². The molecule has 0 spiro atoms. The van der Waals surface area contributed by atoms with Gasteiger partial charge in [-0.1, -0.05) is 15.9 Å². The molecule has 1 heterocycles. The Morgan fingerprint density at radius 2 is 1.88 bits per heavy atom. The van der Waals surface area contributed by atoms with Crippen molar-refractivity contribution in [3.8, 4) is 0 Å². The smallest absolute Gasteiger partial charge is 0.128 e. The Labute approximate surface area is 109 Å². The summed E-state index contributed by atoms with van der Waals surface area (Å²) in [6.45, 7) is 3.53. The molecule has 92 valence electrons. The quantitative estimate of drug-likeness (QED) is 0.636. The highest BCUT2D eigenvalue weighted by Gasteiger charge is 2.18. The number of amidine groups is 1. The van der Waals surface area contributed by atoms with Gasteiger partial charge in [0.1, 0.15) is 11.7 Å². The lowest BCUT2D eigenvalue weighted by atomic mass is 10.1. The lowest BCUT2D eigenvalue weighted by Crippen LogP contribution is -2.47. The topological polar surface area (TPSA) is 30.3 Å². The summed E-state index contributed by atoms with van der Waals surface area (Å²) in [6.07, 6.45) is 0. The zero-order chi connectivity index (χ0) is 12.4. The van der Waals surface area contributed by atoms with Crippen LogP contribution in [-0.2, 0) is 0 Å². The molecule has 1 aromatic rings. The summed E-state index contributed by atoms with van der Waals surface area (Å²) in [4.78, 5) is 4.21. The molecule has 2 rings (SSSR count). The van der Waals surface area contributed by atoms with Crippen LogP contribution >= 0.6 is 15.9 Å². The van der Waals surface area contributed by atoms with Crippen LogP contribution in [0.25, 0.3) is 0 Å². The van der Waals surface area contributed by atoms with E-state index in [2.05, 4.69) is 27.9 Å². The highest BCUT2D eigenvalue weighted by molar-refractivity contribution is 9.10. The van der Waals surface area contributed by atoms with Crippen LogP contribution in [0.2, 0.25) is 0 Å². The summed E-state index contributed by atoms with van der Waals surface area (Å²) >= 11 is 3.25. The maximum absolute atomic E-state index is 13.3.